The highest BCUT2D eigenvalue weighted by atomic mass is 32.2. The molecule has 0 spiro atoms. The lowest BCUT2D eigenvalue weighted by Gasteiger charge is -2.09. The monoisotopic (exact) mass is 304 g/mol. The second kappa shape index (κ2) is 9.14. The molecule has 0 saturated carbocycles. The summed E-state index contributed by atoms with van der Waals surface area (Å²) in [6.45, 7) is 6.58. The fourth-order valence-electron chi connectivity index (χ4n) is 2.54. The third-order valence-corrected chi connectivity index (χ3v) is 5.01. The second-order valence-electron chi connectivity index (χ2n) is 6.19. The van der Waals surface area contributed by atoms with Crippen LogP contribution in [0.15, 0.2) is 35.3 Å². The molecule has 0 aliphatic carbocycles. The molecule has 0 bridgehead atoms. The maximum atomic E-state index is 4.62. The number of hydrogen-bond acceptors (Lipinski definition) is 3. The van der Waals surface area contributed by atoms with Crippen LogP contribution >= 0.6 is 11.8 Å². The van der Waals surface area contributed by atoms with E-state index >= 15 is 0 Å². The smallest absolute Gasteiger partial charge is 0.157 e. The number of nitrogens with zero attached hydrogens (tertiary/aromatic N) is 1. The van der Waals surface area contributed by atoms with Crippen LogP contribution in [0.3, 0.4) is 0 Å². The average Bonchev–Trinajstić information content (AvgIpc) is 2.96. The van der Waals surface area contributed by atoms with Gasteiger partial charge in [-0.3, -0.25) is 4.99 Å². The summed E-state index contributed by atoms with van der Waals surface area (Å²) in [5.74, 6) is 0.849. The molecule has 0 radical (unpaired) electrons. The molecule has 1 aliphatic rings. The van der Waals surface area contributed by atoms with Crippen molar-refractivity contribution < 1.29 is 0 Å². The number of amidine groups is 1. The maximum absolute atomic E-state index is 4.62. The Labute approximate surface area is 133 Å². The van der Waals surface area contributed by atoms with Crippen molar-refractivity contribution in [1.82, 2.24) is 5.32 Å². The summed E-state index contributed by atoms with van der Waals surface area (Å²) in [4.78, 5) is 4.62. The molecule has 21 heavy (non-hydrogen) atoms. The summed E-state index contributed by atoms with van der Waals surface area (Å²) in [7, 11) is 0. The van der Waals surface area contributed by atoms with Gasteiger partial charge < -0.3 is 5.32 Å². The van der Waals surface area contributed by atoms with E-state index in [4.69, 9.17) is 0 Å². The highest BCUT2D eigenvalue weighted by Gasteiger charge is 2.20. The fourth-order valence-corrected chi connectivity index (χ4v) is 3.59. The summed E-state index contributed by atoms with van der Waals surface area (Å²) in [5, 5.41) is 5.12. The first-order valence-corrected chi connectivity index (χ1v) is 9.13. The van der Waals surface area contributed by atoms with E-state index in [1.54, 1.807) is 0 Å². The molecule has 0 aromatic heterocycles. The van der Waals surface area contributed by atoms with Crippen molar-refractivity contribution in [2.75, 3.05) is 13.1 Å². The standard InChI is InChI=1S/C18H28N2S/c1-15(2)10-6-3-4-9-13-19-18-20-14-17(21-18)16-11-7-5-8-12-16/h5,7-8,11-12,15,17H,3-4,6,9-10,13-14H2,1-2H3,(H,19,20). The Morgan fingerprint density at radius 3 is 2.67 bits per heavy atom. The quantitative estimate of drug-likeness (QED) is 0.681. The van der Waals surface area contributed by atoms with Gasteiger partial charge in [0.2, 0.25) is 0 Å². The number of benzene rings is 1. The van der Waals surface area contributed by atoms with Crippen LogP contribution in [0.25, 0.3) is 0 Å². The second-order valence-corrected chi connectivity index (χ2v) is 7.38. The molecule has 0 amide bonds. The van der Waals surface area contributed by atoms with Crippen LogP contribution in [-0.4, -0.2) is 18.3 Å². The van der Waals surface area contributed by atoms with Crippen molar-refractivity contribution in [3.05, 3.63) is 35.9 Å². The first-order chi connectivity index (χ1) is 10.3. The van der Waals surface area contributed by atoms with Gasteiger partial charge in [-0.15, -0.1) is 0 Å². The van der Waals surface area contributed by atoms with Crippen LogP contribution < -0.4 is 5.32 Å². The third-order valence-electron chi connectivity index (χ3n) is 3.81. The lowest BCUT2D eigenvalue weighted by atomic mass is 10.0. The first kappa shape index (κ1) is 16.4. The first-order valence-electron chi connectivity index (χ1n) is 8.25. The van der Waals surface area contributed by atoms with Gasteiger partial charge in [0.1, 0.15) is 0 Å². The Bertz CT molecular complexity index is 428. The highest BCUT2D eigenvalue weighted by molar-refractivity contribution is 8.14. The predicted octanol–water partition coefficient (Wildman–Crippen LogP) is 5.03. The summed E-state index contributed by atoms with van der Waals surface area (Å²) >= 11 is 1.87. The zero-order chi connectivity index (χ0) is 14.9. The van der Waals surface area contributed by atoms with Crippen LogP contribution in [-0.2, 0) is 0 Å². The van der Waals surface area contributed by atoms with Crippen molar-refractivity contribution >= 4 is 16.9 Å². The fraction of sp³-hybridized carbons (Fsp3) is 0.611. The van der Waals surface area contributed by atoms with Gasteiger partial charge >= 0.3 is 0 Å². The molecular weight excluding hydrogens is 276 g/mol. The average molecular weight is 305 g/mol. The van der Waals surface area contributed by atoms with E-state index in [2.05, 4.69) is 54.5 Å². The Balaban J connectivity index is 1.55. The topological polar surface area (TPSA) is 24.4 Å². The minimum absolute atomic E-state index is 0.500. The van der Waals surface area contributed by atoms with Gasteiger partial charge in [-0.25, -0.2) is 0 Å². The van der Waals surface area contributed by atoms with E-state index < -0.39 is 0 Å². The number of thioether (sulfide) groups is 1. The SMILES string of the molecule is CC(C)CCCCCCNC1=NCC(c2ccccc2)S1. The van der Waals surface area contributed by atoms with Crippen molar-refractivity contribution in [3.8, 4) is 0 Å². The number of nitrogens with one attached hydrogen (secondary N) is 1. The molecule has 1 aromatic rings. The number of unbranched alkanes of at least 4 members (excludes halogenated alkanes) is 3. The number of hydrogen-bond donors (Lipinski definition) is 1. The molecule has 1 atom stereocenters. The van der Waals surface area contributed by atoms with Gasteiger partial charge in [-0.05, 0) is 17.9 Å². The van der Waals surface area contributed by atoms with E-state index in [1.807, 2.05) is 11.8 Å². The molecule has 2 nitrogen and oxygen atoms in total. The summed E-state index contributed by atoms with van der Waals surface area (Å²) in [5.41, 5.74) is 1.39. The molecule has 1 unspecified atom stereocenters. The third kappa shape index (κ3) is 6.13. The Morgan fingerprint density at radius 2 is 1.90 bits per heavy atom. The van der Waals surface area contributed by atoms with E-state index in [1.165, 1.54) is 37.7 Å². The summed E-state index contributed by atoms with van der Waals surface area (Å²) in [6.07, 6.45) is 6.71. The molecule has 1 aliphatic heterocycles. The van der Waals surface area contributed by atoms with Crippen LogP contribution in [0.1, 0.15) is 56.8 Å². The molecule has 1 N–H and O–H groups in total. The van der Waals surface area contributed by atoms with Gasteiger partial charge in [0.05, 0.1) is 11.8 Å². The van der Waals surface area contributed by atoms with E-state index in [-0.39, 0.29) is 0 Å². The normalized spacial score (nSPS) is 18.0. The molecule has 2 rings (SSSR count). The van der Waals surface area contributed by atoms with Gasteiger partial charge in [0, 0.05) is 6.54 Å². The number of aliphatic imine (C=N–C) groups is 1. The molecule has 3 heteroatoms. The largest absolute Gasteiger partial charge is 0.365 e. The zero-order valence-corrected chi connectivity index (χ0v) is 14.2. The molecule has 0 saturated heterocycles. The van der Waals surface area contributed by atoms with Crippen molar-refractivity contribution in [1.29, 1.82) is 0 Å². The Morgan fingerprint density at radius 1 is 1.14 bits per heavy atom. The van der Waals surface area contributed by atoms with Crippen LogP contribution in [0, 0.1) is 5.92 Å². The van der Waals surface area contributed by atoms with E-state index in [0.717, 1.165) is 24.2 Å². The molecule has 1 heterocycles. The molecular formula is C18H28N2S. The summed E-state index contributed by atoms with van der Waals surface area (Å²) in [6, 6.07) is 10.7. The Hall–Kier alpha value is -0.960. The molecule has 1 aromatic carbocycles. The number of rotatable bonds is 8. The minimum atomic E-state index is 0.500. The van der Waals surface area contributed by atoms with Crippen molar-refractivity contribution in [2.24, 2.45) is 10.9 Å². The van der Waals surface area contributed by atoms with Gasteiger partial charge in [0.15, 0.2) is 5.17 Å². The zero-order valence-electron chi connectivity index (χ0n) is 13.3. The maximum Gasteiger partial charge on any atom is 0.157 e. The van der Waals surface area contributed by atoms with Crippen LogP contribution in [0.5, 0.6) is 0 Å². The van der Waals surface area contributed by atoms with Gasteiger partial charge in [-0.2, -0.15) is 0 Å². The lowest BCUT2D eigenvalue weighted by molar-refractivity contribution is 0.519. The van der Waals surface area contributed by atoms with Crippen molar-refractivity contribution in [3.63, 3.8) is 0 Å². The molecule has 116 valence electrons. The van der Waals surface area contributed by atoms with Crippen LogP contribution in [0.4, 0.5) is 0 Å². The minimum Gasteiger partial charge on any atom is -0.365 e. The van der Waals surface area contributed by atoms with Crippen molar-refractivity contribution in [2.45, 2.75) is 51.2 Å². The van der Waals surface area contributed by atoms with E-state index in [0.29, 0.717) is 5.25 Å². The summed E-state index contributed by atoms with van der Waals surface area (Å²) < 4.78 is 0. The van der Waals surface area contributed by atoms with Crippen LogP contribution in [0.2, 0.25) is 0 Å². The predicted molar refractivity (Wildman–Crippen MR) is 95.0 cm³/mol. The lowest BCUT2D eigenvalue weighted by Crippen LogP contribution is -2.20. The molecule has 0 fully saturated rings. The van der Waals surface area contributed by atoms with Gasteiger partial charge in [-0.1, -0.05) is 81.6 Å². The van der Waals surface area contributed by atoms with Gasteiger partial charge in [0.25, 0.3) is 0 Å². The highest BCUT2D eigenvalue weighted by Crippen LogP contribution is 2.34. The van der Waals surface area contributed by atoms with E-state index in [9.17, 15) is 0 Å². The Kier molecular flexibility index (Phi) is 7.14.